The van der Waals surface area contributed by atoms with Gasteiger partial charge < -0.3 is 14.9 Å². The van der Waals surface area contributed by atoms with Crippen LogP contribution in [0.2, 0.25) is 0 Å². The Morgan fingerprint density at radius 3 is 2.81 bits per heavy atom. The van der Waals surface area contributed by atoms with Gasteiger partial charge in [-0.25, -0.2) is 0 Å². The van der Waals surface area contributed by atoms with Crippen LogP contribution in [0, 0.1) is 11.8 Å². The third-order valence-corrected chi connectivity index (χ3v) is 3.75. The Kier molecular flexibility index (Phi) is 3.82. The van der Waals surface area contributed by atoms with Gasteiger partial charge in [0.1, 0.15) is 0 Å². The topological polar surface area (TPSA) is 43.8 Å². The molecule has 0 bridgehead atoms. The average Bonchev–Trinajstić information content (AvgIpc) is 2.60. The Morgan fingerprint density at radius 1 is 1.38 bits per heavy atom. The van der Waals surface area contributed by atoms with Gasteiger partial charge in [-0.15, -0.1) is 0 Å². The number of aliphatic hydroxyl groups is 1. The molecule has 2 unspecified atom stereocenters. The predicted molar refractivity (Wildman–Crippen MR) is 62.0 cm³/mol. The molecular formula is C12H22N2O2. The summed E-state index contributed by atoms with van der Waals surface area (Å²) < 4.78 is 0. The Morgan fingerprint density at radius 2 is 2.19 bits per heavy atom. The van der Waals surface area contributed by atoms with Crippen LogP contribution in [0.3, 0.4) is 0 Å². The van der Waals surface area contributed by atoms with E-state index in [9.17, 15) is 4.79 Å². The third kappa shape index (κ3) is 2.74. The highest BCUT2D eigenvalue weighted by molar-refractivity contribution is 5.78. The lowest BCUT2D eigenvalue weighted by atomic mass is 9.98. The van der Waals surface area contributed by atoms with E-state index in [-0.39, 0.29) is 18.4 Å². The third-order valence-electron chi connectivity index (χ3n) is 3.75. The summed E-state index contributed by atoms with van der Waals surface area (Å²) in [6.45, 7) is 4.08. The number of piperidine rings is 1. The van der Waals surface area contributed by atoms with Crippen LogP contribution >= 0.6 is 0 Å². The number of aliphatic hydroxyl groups excluding tert-OH is 1. The van der Waals surface area contributed by atoms with Crippen molar-refractivity contribution in [1.82, 2.24) is 9.80 Å². The molecule has 2 saturated heterocycles. The molecular weight excluding hydrogens is 204 g/mol. The van der Waals surface area contributed by atoms with E-state index < -0.39 is 0 Å². The van der Waals surface area contributed by atoms with Crippen LogP contribution in [-0.2, 0) is 4.79 Å². The predicted octanol–water partition coefficient (Wildman–Crippen LogP) is 0.169. The van der Waals surface area contributed by atoms with Crippen LogP contribution in [0.1, 0.15) is 19.3 Å². The van der Waals surface area contributed by atoms with E-state index in [1.54, 1.807) is 0 Å². The van der Waals surface area contributed by atoms with E-state index in [0.717, 1.165) is 19.6 Å². The molecule has 0 saturated carbocycles. The maximum absolute atomic E-state index is 11.7. The largest absolute Gasteiger partial charge is 0.396 e. The minimum atomic E-state index is 0.146. The summed E-state index contributed by atoms with van der Waals surface area (Å²) in [5, 5.41) is 9.06. The molecule has 0 aromatic heterocycles. The SMILES string of the molecule is CN1CCCC(CN2CC(CO)CC2=O)C1. The number of carbonyl (C=O) groups excluding carboxylic acids is 1. The molecule has 1 N–H and O–H groups in total. The summed E-state index contributed by atoms with van der Waals surface area (Å²) in [5.74, 6) is 1.03. The molecule has 0 spiro atoms. The van der Waals surface area contributed by atoms with Crippen molar-refractivity contribution >= 4 is 5.91 Å². The number of likely N-dealkylation sites (tertiary alicyclic amines) is 2. The highest BCUT2D eigenvalue weighted by Gasteiger charge is 2.31. The second-order valence-electron chi connectivity index (χ2n) is 5.32. The van der Waals surface area contributed by atoms with Gasteiger partial charge in [0.05, 0.1) is 0 Å². The zero-order valence-electron chi connectivity index (χ0n) is 10.1. The normalized spacial score (nSPS) is 32.4. The van der Waals surface area contributed by atoms with Crippen molar-refractivity contribution in [3.63, 3.8) is 0 Å². The summed E-state index contributed by atoms with van der Waals surface area (Å²) in [6.07, 6.45) is 3.02. The highest BCUT2D eigenvalue weighted by atomic mass is 16.3. The number of hydrogen-bond acceptors (Lipinski definition) is 3. The van der Waals surface area contributed by atoms with Gasteiger partial charge in [0, 0.05) is 38.6 Å². The molecule has 0 aromatic rings. The fourth-order valence-corrected chi connectivity index (χ4v) is 2.89. The van der Waals surface area contributed by atoms with Gasteiger partial charge in [-0.1, -0.05) is 0 Å². The molecule has 2 heterocycles. The van der Waals surface area contributed by atoms with Crippen LogP contribution in [-0.4, -0.2) is 60.6 Å². The second kappa shape index (κ2) is 5.15. The van der Waals surface area contributed by atoms with Crippen molar-refractivity contribution in [3.8, 4) is 0 Å². The molecule has 0 aliphatic carbocycles. The highest BCUT2D eigenvalue weighted by Crippen LogP contribution is 2.22. The molecule has 0 radical (unpaired) electrons. The fourth-order valence-electron chi connectivity index (χ4n) is 2.89. The van der Waals surface area contributed by atoms with Gasteiger partial charge in [0.2, 0.25) is 5.91 Å². The first-order chi connectivity index (χ1) is 7.69. The maximum atomic E-state index is 11.7. The lowest BCUT2D eigenvalue weighted by molar-refractivity contribution is -0.128. The first kappa shape index (κ1) is 11.9. The molecule has 4 heteroatoms. The summed E-state index contributed by atoms with van der Waals surface area (Å²) >= 11 is 0. The summed E-state index contributed by atoms with van der Waals surface area (Å²) in [7, 11) is 2.15. The van der Waals surface area contributed by atoms with Gasteiger partial charge in [-0.05, 0) is 32.4 Å². The lowest BCUT2D eigenvalue weighted by Crippen LogP contribution is -2.39. The van der Waals surface area contributed by atoms with Gasteiger partial charge in [0.15, 0.2) is 0 Å². The zero-order chi connectivity index (χ0) is 11.5. The lowest BCUT2D eigenvalue weighted by Gasteiger charge is -2.32. The number of nitrogens with zero attached hydrogens (tertiary/aromatic N) is 2. The Bertz CT molecular complexity index is 257. The quantitative estimate of drug-likeness (QED) is 0.746. The van der Waals surface area contributed by atoms with Crippen molar-refractivity contribution in [2.45, 2.75) is 19.3 Å². The van der Waals surface area contributed by atoms with Crippen molar-refractivity contribution in [1.29, 1.82) is 0 Å². The van der Waals surface area contributed by atoms with E-state index in [4.69, 9.17) is 5.11 Å². The Balaban J connectivity index is 1.82. The molecule has 0 aromatic carbocycles. The number of amides is 1. The Labute approximate surface area is 97.2 Å². The van der Waals surface area contributed by atoms with Crippen LogP contribution < -0.4 is 0 Å². The molecule has 92 valence electrons. The number of hydrogen-bond donors (Lipinski definition) is 1. The van der Waals surface area contributed by atoms with E-state index in [1.165, 1.54) is 19.4 Å². The average molecular weight is 226 g/mol. The van der Waals surface area contributed by atoms with Crippen LogP contribution in [0.25, 0.3) is 0 Å². The smallest absolute Gasteiger partial charge is 0.223 e. The van der Waals surface area contributed by atoms with Crippen molar-refractivity contribution in [2.75, 3.05) is 39.8 Å². The van der Waals surface area contributed by atoms with Crippen LogP contribution in [0.5, 0.6) is 0 Å². The summed E-state index contributed by atoms with van der Waals surface area (Å²) in [4.78, 5) is 16.0. The second-order valence-corrected chi connectivity index (χ2v) is 5.32. The van der Waals surface area contributed by atoms with Crippen molar-refractivity contribution < 1.29 is 9.90 Å². The first-order valence-electron chi connectivity index (χ1n) is 6.26. The standard InChI is InChI=1S/C12H22N2O2/c1-13-4-2-3-10(6-13)7-14-8-11(9-15)5-12(14)16/h10-11,15H,2-9H2,1H3. The summed E-state index contributed by atoms with van der Waals surface area (Å²) in [5.41, 5.74) is 0. The van der Waals surface area contributed by atoms with Gasteiger partial charge in [-0.2, -0.15) is 0 Å². The van der Waals surface area contributed by atoms with E-state index in [2.05, 4.69) is 11.9 Å². The summed E-state index contributed by atoms with van der Waals surface area (Å²) in [6, 6.07) is 0. The molecule has 2 rings (SSSR count). The molecule has 16 heavy (non-hydrogen) atoms. The Hall–Kier alpha value is -0.610. The minimum Gasteiger partial charge on any atom is -0.396 e. The van der Waals surface area contributed by atoms with Crippen molar-refractivity contribution in [2.24, 2.45) is 11.8 Å². The van der Waals surface area contributed by atoms with Crippen molar-refractivity contribution in [3.05, 3.63) is 0 Å². The van der Waals surface area contributed by atoms with Crippen LogP contribution in [0.15, 0.2) is 0 Å². The molecule has 2 fully saturated rings. The van der Waals surface area contributed by atoms with Crippen LogP contribution in [0.4, 0.5) is 0 Å². The molecule has 4 nitrogen and oxygen atoms in total. The van der Waals surface area contributed by atoms with E-state index in [1.807, 2.05) is 4.90 Å². The molecule has 1 amide bonds. The van der Waals surface area contributed by atoms with E-state index >= 15 is 0 Å². The molecule has 2 aliphatic rings. The first-order valence-corrected chi connectivity index (χ1v) is 6.26. The number of carbonyl (C=O) groups is 1. The van der Waals surface area contributed by atoms with Gasteiger partial charge >= 0.3 is 0 Å². The van der Waals surface area contributed by atoms with Gasteiger partial charge in [0.25, 0.3) is 0 Å². The van der Waals surface area contributed by atoms with Gasteiger partial charge in [-0.3, -0.25) is 4.79 Å². The molecule has 2 aliphatic heterocycles. The maximum Gasteiger partial charge on any atom is 0.223 e. The minimum absolute atomic E-state index is 0.146. The monoisotopic (exact) mass is 226 g/mol. The number of rotatable bonds is 3. The zero-order valence-corrected chi connectivity index (χ0v) is 10.1. The molecule has 2 atom stereocenters. The fraction of sp³-hybridized carbons (Fsp3) is 0.917. The van der Waals surface area contributed by atoms with E-state index in [0.29, 0.717) is 12.3 Å².